The van der Waals surface area contributed by atoms with Gasteiger partial charge in [0.25, 0.3) is 0 Å². The van der Waals surface area contributed by atoms with Gasteiger partial charge in [-0.05, 0) is 0 Å². The van der Waals surface area contributed by atoms with Gasteiger partial charge in [0.1, 0.15) is 18.3 Å². The summed E-state index contributed by atoms with van der Waals surface area (Å²) in [4.78, 5) is 0. The zero-order valence-electron chi connectivity index (χ0n) is 6.78. The van der Waals surface area contributed by atoms with E-state index in [1.165, 1.54) is 0 Å². The Labute approximate surface area is 81.3 Å². The Hall–Kier alpha value is 0.0500. The fraction of sp³-hybridized carbons (Fsp3) is 1.00. The molecule has 0 aromatic rings. The Bertz CT molecular complexity index is 155. The third kappa shape index (κ3) is 2.50. The Kier molecular flexibility index (Phi) is 5.08. The highest BCUT2D eigenvalue weighted by Crippen LogP contribution is 2.17. The SMILES string of the molecule is Cl.N[13CH]1[13CH](O)O[13CH]([13CH2]O)[13C@@H](O)[13C@@H]1O. The van der Waals surface area contributed by atoms with Crippen LogP contribution in [0.25, 0.3) is 0 Å². The molecule has 6 N–H and O–H groups in total. The van der Waals surface area contributed by atoms with Gasteiger partial charge < -0.3 is 30.9 Å². The van der Waals surface area contributed by atoms with Gasteiger partial charge in [0.05, 0.1) is 12.6 Å². The van der Waals surface area contributed by atoms with Gasteiger partial charge in [0.15, 0.2) is 6.29 Å². The van der Waals surface area contributed by atoms with Crippen LogP contribution in [-0.2, 0) is 4.74 Å². The van der Waals surface area contributed by atoms with Crippen molar-refractivity contribution in [2.75, 3.05) is 6.61 Å². The van der Waals surface area contributed by atoms with Crippen LogP contribution in [-0.4, -0.2) is 57.7 Å². The molecule has 0 aliphatic carbocycles. The Morgan fingerprint density at radius 1 is 1.15 bits per heavy atom. The first kappa shape index (κ1) is 13.1. The Morgan fingerprint density at radius 3 is 2.15 bits per heavy atom. The van der Waals surface area contributed by atoms with E-state index in [9.17, 15) is 10.2 Å². The van der Waals surface area contributed by atoms with Crippen LogP contribution in [0, 0.1) is 0 Å². The van der Waals surface area contributed by atoms with Crippen LogP contribution in [0.2, 0.25) is 0 Å². The van der Waals surface area contributed by atoms with Crippen LogP contribution < -0.4 is 5.73 Å². The largest absolute Gasteiger partial charge is 0.394 e. The molecule has 6 nitrogen and oxygen atoms in total. The molecule has 1 aliphatic rings. The minimum atomic E-state index is -1.35. The standard InChI is InChI=1S/C6H13NO5.ClH/c7-3-5(10)4(9)2(1-8)12-6(3)11;/h2-6,8-11H,1,7H2;1H/t2?,3?,4-,5-,6?;/m1./s1/i1+1,2+1,3+1,4+1,5+1,6+1;. The molecule has 1 heterocycles. The smallest absolute Gasteiger partial charge is 0.173 e. The summed E-state index contributed by atoms with van der Waals surface area (Å²) in [6, 6.07) is -1.04. The maximum absolute atomic E-state index is 9.20. The second-order valence-electron chi connectivity index (χ2n) is 2.81. The molecule has 0 aromatic carbocycles. The van der Waals surface area contributed by atoms with Crippen molar-refractivity contribution in [3.63, 3.8) is 0 Å². The number of aliphatic hydroxyl groups excluding tert-OH is 4. The molecule has 0 amide bonds. The lowest BCUT2D eigenvalue weighted by atomic mass is 10.9. The highest BCUT2D eigenvalue weighted by Gasteiger charge is 2.41. The van der Waals surface area contributed by atoms with E-state index < -0.39 is 37.3 Å². The van der Waals surface area contributed by atoms with Gasteiger partial charge in [0.2, 0.25) is 0 Å². The third-order valence-electron chi connectivity index (χ3n) is 1.95. The quantitative estimate of drug-likeness (QED) is 0.305. The van der Waals surface area contributed by atoms with Crippen molar-refractivity contribution in [1.82, 2.24) is 0 Å². The van der Waals surface area contributed by atoms with E-state index in [1.54, 1.807) is 0 Å². The highest BCUT2D eigenvalue weighted by molar-refractivity contribution is 5.85. The molecule has 80 valence electrons. The van der Waals surface area contributed by atoms with E-state index >= 15 is 0 Å². The maximum Gasteiger partial charge on any atom is 0.173 e. The van der Waals surface area contributed by atoms with Gasteiger partial charge >= 0.3 is 0 Å². The number of aliphatic hydroxyl groups is 4. The average molecular weight is 222 g/mol. The van der Waals surface area contributed by atoms with Gasteiger partial charge in [-0.1, -0.05) is 0 Å². The molecule has 0 aromatic heterocycles. The molecule has 5 atom stereocenters. The second-order valence-corrected chi connectivity index (χ2v) is 2.81. The normalized spacial score (nSPS) is 45.5. The zero-order chi connectivity index (χ0) is 9.30. The Balaban J connectivity index is 0.00000144. The predicted octanol–water partition coefficient (Wildman–Crippen LogP) is -2.83. The molecule has 3 unspecified atom stereocenters. The molecule has 0 radical (unpaired) electrons. The van der Waals surface area contributed by atoms with Gasteiger partial charge in [0, 0.05) is 0 Å². The van der Waals surface area contributed by atoms with Crippen LogP contribution in [0.4, 0.5) is 0 Å². The summed E-state index contributed by atoms with van der Waals surface area (Å²) in [5.41, 5.74) is 5.26. The lowest BCUT2D eigenvalue weighted by Gasteiger charge is -2.38. The van der Waals surface area contributed by atoms with Crippen molar-refractivity contribution >= 4 is 12.4 Å². The fourth-order valence-electron chi connectivity index (χ4n) is 1.12. The molecule has 13 heavy (non-hydrogen) atoms. The highest BCUT2D eigenvalue weighted by atomic mass is 35.5. The van der Waals surface area contributed by atoms with E-state index in [4.69, 9.17) is 20.7 Å². The van der Waals surface area contributed by atoms with Crippen LogP contribution in [0.5, 0.6) is 0 Å². The number of nitrogens with two attached hydrogens (primary N) is 1. The minimum absolute atomic E-state index is 0. The lowest BCUT2D eigenvalue weighted by Crippen LogP contribution is -2.61. The summed E-state index contributed by atoms with van der Waals surface area (Å²) in [5.74, 6) is 0. The summed E-state index contributed by atoms with van der Waals surface area (Å²) in [6.45, 7) is -0.470. The van der Waals surface area contributed by atoms with E-state index in [2.05, 4.69) is 0 Å². The molecule has 0 bridgehead atoms. The topological polar surface area (TPSA) is 116 Å². The molecular formula is C6H14ClNO5. The second kappa shape index (κ2) is 5.06. The van der Waals surface area contributed by atoms with E-state index in [1.807, 2.05) is 0 Å². The van der Waals surface area contributed by atoms with E-state index in [0.717, 1.165) is 0 Å². The van der Waals surface area contributed by atoms with Crippen LogP contribution in [0.1, 0.15) is 0 Å². The molecule has 0 spiro atoms. The fourth-order valence-corrected chi connectivity index (χ4v) is 1.12. The zero-order valence-corrected chi connectivity index (χ0v) is 7.59. The van der Waals surface area contributed by atoms with Gasteiger partial charge in [-0.15, -0.1) is 12.4 Å². The summed E-state index contributed by atoms with van der Waals surface area (Å²) in [6.07, 6.45) is -4.85. The number of hydrogen-bond donors (Lipinski definition) is 5. The van der Waals surface area contributed by atoms with E-state index in [0.29, 0.717) is 0 Å². The monoisotopic (exact) mass is 221 g/mol. The summed E-state index contributed by atoms with van der Waals surface area (Å²) < 4.78 is 4.70. The van der Waals surface area contributed by atoms with Crippen LogP contribution in [0.3, 0.4) is 0 Å². The first-order chi connectivity index (χ1) is 5.57. The first-order valence-corrected chi connectivity index (χ1v) is 3.64. The minimum Gasteiger partial charge on any atom is -0.394 e. The number of ether oxygens (including phenoxy) is 1. The first-order valence-electron chi connectivity index (χ1n) is 3.64. The number of hydrogen-bond acceptors (Lipinski definition) is 6. The Morgan fingerprint density at radius 2 is 1.69 bits per heavy atom. The average Bonchev–Trinajstić information content (AvgIpc) is 2.08. The molecule has 1 saturated heterocycles. The molecule has 1 rings (SSSR count). The van der Waals surface area contributed by atoms with E-state index in [-0.39, 0.29) is 12.4 Å². The van der Waals surface area contributed by atoms with Crippen LogP contribution in [0.15, 0.2) is 0 Å². The molecular weight excluding hydrogens is 207 g/mol. The van der Waals surface area contributed by atoms with Crippen molar-refractivity contribution in [1.29, 1.82) is 0 Å². The van der Waals surface area contributed by atoms with Gasteiger partial charge in [-0.25, -0.2) is 0 Å². The van der Waals surface area contributed by atoms with Crippen LogP contribution >= 0.6 is 12.4 Å². The summed E-state index contributed by atoms with van der Waals surface area (Å²) >= 11 is 0. The maximum atomic E-state index is 9.20. The van der Waals surface area contributed by atoms with Gasteiger partial charge in [-0.3, -0.25) is 0 Å². The third-order valence-corrected chi connectivity index (χ3v) is 1.95. The van der Waals surface area contributed by atoms with Crippen molar-refractivity contribution in [3.05, 3.63) is 0 Å². The predicted molar refractivity (Wildman–Crippen MR) is 45.2 cm³/mol. The number of rotatable bonds is 1. The van der Waals surface area contributed by atoms with Crippen molar-refractivity contribution in [2.24, 2.45) is 5.73 Å². The lowest BCUT2D eigenvalue weighted by molar-refractivity contribution is -0.248. The summed E-state index contributed by atoms with van der Waals surface area (Å²) in [5, 5.41) is 36.1. The van der Waals surface area contributed by atoms with Gasteiger partial charge in [-0.2, -0.15) is 0 Å². The summed E-state index contributed by atoms with van der Waals surface area (Å²) in [7, 11) is 0. The molecule has 1 fully saturated rings. The van der Waals surface area contributed by atoms with Crippen molar-refractivity contribution in [2.45, 2.75) is 30.6 Å². The van der Waals surface area contributed by atoms with Crippen molar-refractivity contribution in [3.8, 4) is 0 Å². The van der Waals surface area contributed by atoms with Crippen molar-refractivity contribution < 1.29 is 25.2 Å². The molecule has 0 saturated carbocycles. The molecule has 1 aliphatic heterocycles. The number of halogens is 1. The molecule has 7 heteroatoms.